The van der Waals surface area contributed by atoms with Gasteiger partial charge in [0, 0.05) is 24.0 Å². The van der Waals surface area contributed by atoms with Crippen molar-refractivity contribution in [1.82, 2.24) is 5.32 Å². The van der Waals surface area contributed by atoms with E-state index in [1.165, 1.54) is 0 Å². The van der Waals surface area contributed by atoms with Crippen molar-refractivity contribution in [2.45, 2.75) is 75.3 Å². The Balaban J connectivity index is 0. The van der Waals surface area contributed by atoms with Gasteiger partial charge < -0.3 is 15.5 Å². The molecule has 5 nitrogen and oxygen atoms in total. The molecular weight excluding hydrogens is 405 g/mol. The number of carbonyl (C=O) groups excluding carboxylic acids is 1. The van der Waals surface area contributed by atoms with Crippen LogP contribution in [0.25, 0.3) is 0 Å². The van der Waals surface area contributed by atoms with Crippen molar-refractivity contribution in [2.24, 2.45) is 16.2 Å². The standard InChI is InChI=1S/C21H35NO2.C2H6O.O.V/c1-19(2,3)15-10-14(12-22-17(13-23)21(7,8)9)18(24)16(11-15)20(4,5)6;1-2-3;;/h10-12,17,22-23H,13H2,1-9H3;3H,2H2,1H3;;/b14-12-;;;/t17-;;;/m1.../s1. The van der Waals surface area contributed by atoms with E-state index in [1.807, 2.05) is 12.2 Å². The molecule has 0 amide bonds. The van der Waals surface area contributed by atoms with E-state index in [9.17, 15) is 9.90 Å². The second kappa shape index (κ2) is 12.6. The average Bonchev–Trinajstić information content (AvgIpc) is 2.56. The fraction of sp³-hybridized carbons (Fsp3) is 0.696. The van der Waals surface area contributed by atoms with E-state index in [2.05, 4.69) is 67.6 Å². The zero-order valence-corrected chi connectivity index (χ0v) is 21.3. The zero-order valence-electron chi connectivity index (χ0n) is 19.9. The molecular formula is C23H41NO4V. The van der Waals surface area contributed by atoms with E-state index in [0.29, 0.717) is 5.57 Å². The molecule has 0 aromatic carbocycles. The first-order valence-corrected chi connectivity index (χ1v) is 10.5. The number of rotatable bonds is 3. The molecule has 0 aromatic heterocycles. The molecule has 0 bridgehead atoms. The number of allylic oxidation sites excluding steroid dienone is 5. The van der Waals surface area contributed by atoms with Crippen molar-refractivity contribution >= 4 is 5.78 Å². The molecule has 0 heterocycles. The van der Waals surface area contributed by atoms with Crippen molar-refractivity contribution in [3.05, 3.63) is 35.1 Å². The third-order valence-corrected chi connectivity index (χ3v) is 4.46. The van der Waals surface area contributed by atoms with Gasteiger partial charge in [0.05, 0.1) is 12.6 Å². The number of Topliss-reactive ketones (excluding diaryl/α,β-unsaturated/α-hetero) is 1. The van der Waals surface area contributed by atoms with Gasteiger partial charge in [-0.25, -0.2) is 0 Å². The van der Waals surface area contributed by atoms with Gasteiger partial charge >= 0.3 is 21.0 Å². The number of hydrogen-bond donors (Lipinski definition) is 3. The van der Waals surface area contributed by atoms with Crippen LogP contribution in [-0.4, -0.2) is 35.3 Å². The first kappa shape index (κ1) is 30.2. The Kier molecular flexibility index (Phi) is 13.2. The monoisotopic (exact) mass is 446 g/mol. The van der Waals surface area contributed by atoms with Crippen molar-refractivity contribution in [1.29, 1.82) is 0 Å². The van der Waals surface area contributed by atoms with E-state index in [-0.39, 0.29) is 41.3 Å². The van der Waals surface area contributed by atoms with Crippen LogP contribution < -0.4 is 5.32 Å². The quantitative estimate of drug-likeness (QED) is 0.564. The summed E-state index contributed by atoms with van der Waals surface area (Å²) >= 11 is 1.06. The summed E-state index contributed by atoms with van der Waals surface area (Å²) in [6.07, 6.45) is 5.80. The maximum atomic E-state index is 12.9. The van der Waals surface area contributed by atoms with Gasteiger partial charge in [0.1, 0.15) is 0 Å². The number of nitrogens with one attached hydrogen (secondary N) is 1. The summed E-state index contributed by atoms with van der Waals surface area (Å²) in [5, 5.41) is 20.4. The number of hydrogen-bond acceptors (Lipinski definition) is 5. The second-order valence-corrected chi connectivity index (χ2v) is 10.2. The van der Waals surface area contributed by atoms with Crippen LogP contribution in [0.15, 0.2) is 35.1 Å². The van der Waals surface area contributed by atoms with Crippen LogP contribution in [-0.2, 0) is 25.8 Å². The molecule has 0 radical (unpaired) electrons. The number of ketones is 1. The van der Waals surface area contributed by atoms with E-state index in [4.69, 9.17) is 8.78 Å². The molecule has 29 heavy (non-hydrogen) atoms. The minimum absolute atomic E-state index is 0.0271. The number of aliphatic hydroxyl groups is 2. The molecule has 3 N–H and O–H groups in total. The molecule has 1 aliphatic carbocycles. The molecule has 0 aliphatic heterocycles. The fourth-order valence-corrected chi connectivity index (χ4v) is 2.52. The van der Waals surface area contributed by atoms with E-state index >= 15 is 0 Å². The summed E-state index contributed by atoms with van der Waals surface area (Å²) < 4.78 is 8.19. The van der Waals surface area contributed by atoms with Crippen molar-refractivity contribution in [3.8, 4) is 0 Å². The summed E-state index contributed by atoms with van der Waals surface area (Å²) in [4.78, 5) is 12.9. The Morgan fingerprint density at radius 1 is 0.966 bits per heavy atom. The predicted molar refractivity (Wildman–Crippen MR) is 115 cm³/mol. The van der Waals surface area contributed by atoms with Crippen LogP contribution in [0, 0.1) is 16.2 Å². The number of carbonyl (C=O) groups is 1. The topological polar surface area (TPSA) is 86.6 Å². The molecule has 1 rings (SSSR count). The minimum atomic E-state index is -0.207. The third-order valence-electron chi connectivity index (χ3n) is 4.46. The van der Waals surface area contributed by atoms with Gasteiger partial charge in [-0.05, 0) is 34.8 Å². The van der Waals surface area contributed by atoms with Gasteiger partial charge in [-0.3, -0.25) is 4.79 Å². The fourth-order valence-electron chi connectivity index (χ4n) is 2.52. The van der Waals surface area contributed by atoms with Crippen LogP contribution in [0.2, 0.25) is 0 Å². The van der Waals surface area contributed by atoms with Gasteiger partial charge in [0.25, 0.3) is 0 Å². The normalized spacial score (nSPS) is 17.2. The first-order valence-electron chi connectivity index (χ1n) is 9.94. The molecule has 6 heteroatoms. The third kappa shape index (κ3) is 10.5. The van der Waals surface area contributed by atoms with Crippen molar-refractivity contribution < 1.29 is 36.1 Å². The predicted octanol–water partition coefficient (Wildman–Crippen LogP) is 4.27. The summed E-state index contributed by atoms with van der Waals surface area (Å²) in [5.41, 5.74) is 2.31. The zero-order chi connectivity index (χ0) is 23.6. The summed E-state index contributed by atoms with van der Waals surface area (Å²) in [7, 11) is 0. The van der Waals surface area contributed by atoms with Gasteiger partial charge in [0.15, 0.2) is 5.78 Å². The first-order chi connectivity index (χ1) is 13.1. The maximum absolute atomic E-state index is 12.9. The molecule has 0 unspecified atom stereocenters. The van der Waals surface area contributed by atoms with E-state index in [1.54, 1.807) is 13.1 Å². The van der Waals surface area contributed by atoms with Crippen molar-refractivity contribution in [2.75, 3.05) is 13.2 Å². The van der Waals surface area contributed by atoms with Crippen LogP contribution in [0.1, 0.15) is 69.2 Å². The van der Waals surface area contributed by atoms with Gasteiger partial charge in [0.2, 0.25) is 0 Å². The molecule has 167 valence electrons. The Hall–Kier alpha value is -1.01. The summed E-state index contributed by atoms with van der Waals surface area (Å²) in [5.74, 6) is 0.0635. The SMILES string of the molecule is CC(C)(C)C1=C/C(=C/N[C@H](CO)C(C)(C)C)C(=O)C(C(C)(C)C)=C1.CCO.[O]=[V]. The Morgan fingerprint density at radius 2 is 1.41 bits per heavy atom. The molecule has 0 fully saturated rings. The molecule has 0 saturated carbocycles. The Morgan fingerprint density at radius 3 is 1.72 bits per heavy atom. The number of aliphatic hydroxyl groups excluding tert-OH is 2. The average molecular weight is 447 g/mol. The Labute approximate surface area is 186 Å². The van der Waals surface area contributed by atoms with Gasteiger partial charge in [-0.15, -0.1) is 0 Å². The van der Waals surface area contributed by atoms with Crippen LogP contribution in [0.4, 0.5) is 0 Å². The van der Waals surface area contributed by atoms with Gasteiger partial charge in [-0.1, -0.05) is 68.4 Å². The van der Waals surface area contributed by atoms with Crippen molar-refractivity contribution in [3.63, 3.8) is 0 Å². The molecule has 0 spiro atoms. The molecule has 0 aromatic rings. The molecule has 1 aliphatic rings. The van der Waals surface area contributed by atoms with E-state index < -0.39 is 0 Å². The van der Waals surface area contributed by atoms with Crippen LogP contribution in [0.3, 0.4) is 0 Å². The van der Waals surface area contributed by atoms with E-state index in [0.717, 1.165) is 28.5 Å². The summed E-state index contributed by atoms with van der Waals surface area (Å²) in [6, 6.07) is -0.103. The van der Waals surface area contributed by atoms with Crippen LogP contribution >= 0.6 is 0 Å². The molecule has 0 saturated heterocycles. The second-order valence-electron chi connectivity index (χ2n) is 10.2. The van der Waals surface area contributed by atoms with Crippen LogP contribution in [0.5, 0.6) is 0 Å². The van der Waals surface area contributed by atoms with Gasteiger partial charge in [-0.2, -0.15) is 0 Å². The summed E-state index contributed by atoms with van der Waals surface area (Å²) in [6.45, 7) is 20.8. The Bertz CT molecular complexity index is 614. The molecule has 1 atom stereocenters.